The molecule has 0 radical (unpaired) electrons. The zero-order chi connectivity index (χ0) is 20.5. The molecule has 0 unspecified atom stereocenters. The van der Waals surface area contributed by atoms with Crippen molar-refractivity contribution in [1.82, 2.24) is 9.55 Å². The Hall–Kier alpha value is -3.78. The van der Waals surface area contributed by atoms with Gasteiger partial charge in [-0.05, 0) is 47.9 Å². The summed E-state index contributed by atoms with van der Waals surface area (Å²) < 4.78 is 8.39. The molecule has 0 spiro atoms. The summed E-state index contributed by atoms with van der Waals surface area (Å²) in [5.41, 5.74) is 1.61. The van der Waals surface area contributed by atoms with Crippen LogP contribution in [0.3, 0.4) is 0 Å². The van der Waals surface area contributed by atoms with E-state index in [4.69, 9.17) is 4.74 Å². The van der Waals surface area contributed by atoms with Gasteiger partial charge in [-0.15, -0.1) is 0 Å². The zero-order valence-corrected chi connectivity index (χ0v) is 16.8. The van der Waals surface area contributed by atoms with E-state index in [-0.39, 0.29) is 6.04 Å². The van der Waals surface area contributed by atoms with Crippen LogP contribution in [0.1, 0.15) is 30.0 Å². The fraction of sp³-hybridized carbons (Fsp3) is 0.200. The lowest BCUT2D eigenvalue weighted by Gasteiger charge is -2.28. The summed E-state index contributed by atoms with van der Waals surface area (Å²) in [6, 6.07) is 22.5. The van der Waals surface area contributed by atoms with Crippen LogP contribution in [0.4, 0.5) is 5.82 Å². The van der Waals surface area contributed by atoms with Crippen LogP contribution >= 0.6 is 0 Å². The van der Waals surface area contributed by atoms with Gasteiger partial charge in [-0.25, -0.2) is 4.98 Å². The molecule has 2 heterocycles. The minimum Gasteiger partial charge on any atom is -0.457 e. The van der Waals surface area contributed by atoms with E-state index in [1.54, 1.807) is 0 Å². The van der Waals surface area contributed by atoms with Gasteiger partial charge in [0.15, 0.2) is 0 Å². The average Bonchev–Trinajstić information content (AvgIpc) is 3.42. The molecule has 0 aliphatic carbocycles. The van der Waals surface area contributed by atoms with Gasteiger partial charge < -0.3 is 14.2 Å². The lowest BCUT2D eigenvalue weighted by Crippen LogP contribution is -2.25. The van der Waals surface area contributed by atoms with Crippen LogP contribution in [0.5, 0.6) is 11.5 Å². The highest BCUT2D eigenvalue weighted by Gasteiger charge is 2.32. The predicted molar refractivity (Wildman–Crippen MR) is 118 cm³/mol. The molecule has 5 heteroatoms. The third-order valence-corrected chi connectivity index (χ3v) is 5.81. The Morgan fingerprint density at radius 3 is 2.73 bits per heavy atom. The van der Waals surface area contributed by atoms with E-state index in [0.717, 1.165) is 47.7 Å². The van der Waals surface area contributed by atoms with Crippen molar-refractivity contribution in [2.24, 2.45) is 7.05 Å². The number of imidazole rings is 1. The summed E-state index contributed by atoms with van der Waals surface area (Å²) in [4.78, 5) is 6.61. The number of ether oxygens (including phenoxy) is 1. The Bertz CT molecular complexity index is 1250. The molecule has 0 N–H and O–H groups in total. The molecule has 1 saturated heterocycles. The third-order valence-electron chi connectivity index (χ3n) is 5.81. The normalized spacial score (nSPS) is 16.0. The Morgan fingerprint density at radius 2 is 1.93 bits per heavy atom. The van der Waals surface area contributed by atoms with Gasteiger partial charge in [-0.1, -0.05) is 36.4 Å². The van der Waals surface area contributed by atoms with Crippen LogP contribution in [0, 0.1) is 11.3 Å². The van der Waals surface area contributed by atoms with Crippen molar-refractivity contribution < 1.29 is 4.74 Å². The van der Waals surface area contributed by atoms with Crippen LogP contribution in [0.15, 0.2) is 73.2 Å². The summed E-state index contributed by atoms with van der Waals surface area (Å²) in [6.07, 6.45) is 5.73. The minimum atomic E-state index is 0.0757. The third kappa shape index (κ3) is 3.17. The molecule has 5 nitrogen and oxygen atoms in total. The smallest absolute Gasteiger partial charge is 0.134 e. The van der Waals surface area contributed by atoms with Gasteiger partial charge in [-0.2, -0.15) is 5.26 Å². The van der Waals surface area contributed by atoms with Crippen LogP contribution in [0.25, 0.3) is 10.8 Å². The van der Waals surface area contributed by atoms with E-state index in [1.165, 1.54) is 5.39 Å². The topological polar surface area (TPSA) is 54.1 Å². The largest absolute Gasteiger partial charge is 0.457 e. The maximum absolute atomic E-state index is 9.84. The maximum atomic E-state index is 9.84. The molecule has 0 amide bonds. The van der Waals surface area contributed by atoms with E-state index < -0.39 is 0 Å². The van der Waals surface area contributed by atoms with Gasteiger partial charge in [0, 0.05) is 19.2 Å². The Morgan fingerprint density at radius 1 is 1.07 bits per heavy atom. The molecule has 5 rings (SSSR count). The van der Waals surface area contributed by atoms with Crippen molar-refractivity contribution >= 4 is 16.6 Å². The standard InChI is InChI=1S/C25H22N4O/c1-28-17-27-16-24(28)29-13-5-9-22(29)25-20(15-26)8-4-10-23(25)30-21-12-11-18-6-2-3-7-19(18)14-21/h2-4,6-8,10-12,14,16-17,22H,5,9,13H2,1H3/t22-/m0/s1. The molecule has 0 bridgehead atoms. The fourth-order valence-electron chi connectivity index (χ4n) is 4.40. The second-order valence-electron chi connectivity index (χ2n) is 7.65. The van der Waals surface area contributed by atoms with Gasteiger partial charge in [0.2, 0.25) is 0 Å². The lowest BCUT2D eigenvalue weighted by molar-refractivity contribution is 0.469. The van der Waals surface area contributed by atoms with Crippen molar-refractivity contribution in [1.29, 1.82) is 5.26 Å². The second-order valence-corrected chi connectivity index (χ2v) is 7.65. The molecule has 1 fully saturated rings. The van der Waals surface area contributed by atoms with Gasteiger partial charge in [-0.3, -0.25) is 0 Å². The Kier molecular flexibility index (Phi) is 4.61. The van der Waals surface area contributed by atoms with Gasteiger partial charge in [0.05, 0.1) is 30.2 Å². The van der Waals surface area contributed by atoms with E-state index in [2.05, 4.69) is 34.2 Å². The number of aryl methyl sites for hydroxylation is 1. The average molecular weight is 394 g/mol. The van der Waals surface area contributed by atoms with Crippen molar-refractivity contribution in [2.75, 3.05) is 11.4 Å². The van der Waals surface area contributed by atoms with Crippen molar-refractivity contribution in [2.45, 2.75) is 18.9 Å². The first-order valence-corrected chi connectivity index (χ1v) is 10.2. The molecule has 3 aromatic carbocycles. The highest BCUT2D eigenvalue weighted by molar-refractivity contribution is 5.83. The summed E-state index contributed by atoms with van der Waals surface area (Å²) in [7, 11) is 2.00. The number of anilines is 1. The summed E-state index contributed by atoms with van der Waals surface area (Å²) in [5.74, 6) is 2.57. The van der Waals surface area contributed by atoms with Crippen LogP contribution < -0.4 is 9.64 Å². The second kappa shape index (κ2) is 7.57. The number of hydrogen-bond donors (Lipinski definition) is 0. The van der Waals surface area contributed by atoms with Crippen molar-refractivity contribution in [3.63, 3.8) is 0 Å². The number of rotatable bonds is 4. The first kappa shape index (κ1) is 18.3. The Labute approximate surface area is 175 Å². The summed E-state index contributed by atoms with van der Waals surface area (Å²) >= 11 is 0. The molecule has 30 heavy (non-hydrogen) atoms. The quantitative estimate of drug-likeness (QED) is 0.453. The Balaban J connectivity index is 1.56. The monoisotopic (exact) mass is 394 g/mol. The van der Waals surface area contributed by atoms with E-state index in [9.17, 15) is 5.26 Å². The van der Waals surface area contributed by atoms with Gasteiger partial charge >= 0.3 is 0 Å². The predicted octanol–water partition coefficient (Wildman–Crippen LogP) is 5.58. The SMILES string of the molecule is Cn1cncc1N1CCC[C@H]1c1c(C#N)cccc1Oc1ccc2ccccc2c1. The number of hydrogen-bond acceptors (Lipinski definition) is 4. The van der Waals surface area contributed by atoms with Gasteiger partial charge in [0.1, 0.15) is 17.3 Å². The minimum absolute atomic E-state index is 0.0757. The molecule has 4 aromatic rings. The number of fused-ring (bicyclic) bond motifs is 1. The highest BCUT2D eigenvalue weighted by atomic mass is 16.5. The molecule has 1 atom stereocenters. The molecular weight excluding hydrogens is 372 g/mol. The van der Waals surface area contributed by atoms with E-state index >= 15 is 0 Å². The van der Waals surface area contributed by atoms with Gasteiger partial charge in [0.25, 0.3) is 0 Å². The molecule has 1 aliphatic heterocycles. The van der Waals surface area contributed by atoms with Crippen LogP contribution in [-0.2, 0) is 7.05 Å². The first-order chi connectivity index (χ1) is 14.7. The first-order valence-electron chi connectivity index (χ1n) is 10.2. The number of aromatic nitrogens is 2. The maximum Gasteiger partial charge on any atom is 0.134 e. The lowest BCUT2D eigenvalue weighted by atomic mass is 9.97. The van der Waals surface area contributed by atoms with E-state index in [1.807, 2.05) is 66.6 Å². The fourth-order valence-corrected chi connectivity index (χ4v) is 4.40. The van der Waals surface area contributed by atoms with Crippen molar-refractivity contribution in [3.05, 3.63) is 84.3 Å². The number of benzene rings is 3. The molecule has 0 saturated carbocycles. The van der Waals surface area contributed by atoms with E-state index in [0.29, 0.717) is 5.56 Å². The molecular formula is C25H22N4O. The molecule has 148 valence electrons. The van der Waals surface area contributed by atoms with Crippen molar-refractivity contribution in [3.8, 4) is 17.6 Å². The van der Waals surface area contributed by atoms with Crippen LogP contribution in [0.2, 0.25) is 0 Å². The summed E-state index contributed by atoms with van der Waals surface area (Å²) in [6.45, 7) is 0.930. The molecule has 1 aromatic heterocycles. The number of nitrogens with zero attached hydrogens (tertiary/aromatic N) is 4. The zero-order valence-electron chi connectivity index (χ0n) is 16.8. The number of nitriles is 1. The summed E-state index contributed by atoms with van der Waals surface area (Å²) in [5, 5.41) is 12.1. The molecule has 1 aliphatic rings. The highest BCUT2D eigenvalue weighted by Crippen LogP contribution is 2.42. The van der Waals surface area contributed by atoms with Crippen LogP contribution in [-0.4, -0.2) is 16.1 Å².